The molecule has 6 heteroatoms. The van der Waals surface area contributed by atoms with Gasteiger partial charge < -0.3 is 10.2 Å². The van der Waals surface area contributed by atoms with Crippen LogP contribution in [0.2, 0.25) is 0 Å². The molecular weight excluding hydrogens is 339 g/mol. The van der Waals surface area contributed by atoms with Crippen LogP contribution in [0.4, 0.5) is 4.39 Å². The van der Waals surface area contributed by atoms with E-state index in [1.807, 2.05) is 13.8 Å². The van der Waals surface area contributed by atoms with E-state index < -0.39 is 11.7 Å². The van der Waals surface area contributed by atoms with Crippen LogP contribution in [-0.2, 0) is 4.79 Å². The van der Waals surface area contributed by atoms with Crippen LogP contribution in [0.5, 0.6) is 0 Å². The first-order chi connectivity index (χ1) is 10.0. The SMILES string of the molecule is CCCNC(=O)CN(CCC)C(=O)c1cccc(Br)c1F. The Balaban J connectivity index is 2.86. The highest BCUT2D eigenvalue weighted by Crippen LogP contribution is 2.20. The van der Waals surface area contributed by atoms with Crippen LogP contribution in [0.1, 0.15) is 37.0 Å². The van der Waals surface area contributed by atoms with E-state index in [0.717, 1.165) is 6.42 Å². The highest BCUT2D eigenvalue weighted by Gasteiger charge is 2.21. The topological polar surface area (TPSA) is 49.4 Å². The third-order valence-corrected chi connectivity index (χ3v) is 3.48. The third-order valence-electron chi connectivity index (χ3n) is 2.87. The average Bonchev–Trinajstić information content (AvgIpc) is 2.47. The quantitative estimate of drug-likeness (QED) is 0.814. The van der Waals surface area contributed by atoms with Crippen molar-refractivity contribution in [3.05, 3.63) is 34.1 Å². The van der Waals surface area contributed by atoms with Crippen LogP contribution in [-0.4, -0.2) is 36.3 Å². The van der Waals surface area contributed by atoms with E-state index in [4.69, 9.17) is 0 Å². The number of rotatable bonds is 7. The van der Waals surface area contributed by atoms with E-state index >= 15 is 0 Å². The lowest BCUT2D eigenvalue weighted by Crippen LogP contribution is -2.41. The summed E-state index contributed by atoms with van der Waals surface area (Å²) in [6.45, 7) is 4.77. The van der Waals surface area contributed by atoms with Gasteiger partial charge in [-0.25, -0.2) is 4.39 Å². The Morgan fingerprint density at radius 2 is 2.00 bits per heavy atom. The number of amides is 2. The molecule has 0 aliphatic rings. The lowest BCUT2D eigenvalue weighted by atomic mass is 10.1. The lowest BCUT2D eigenvalue weighted by Gasteiger charge is -2.22. The first-order valence-corrected chi connectivity index (χ1v) is 7.80. The van der Waals surface area contributed by atoms with Gasteiger partial charge in [0.2, 0.25) is 5.91 Å². The molecule has 2 amide bonds. The Morgan fingerprint density at radius 1 is 1.29 bits per heavy atom. The fourth-order valence-electron chi connectivity index (χ4n) is 1.86. The summed E-state index contributed by atoms with van der Waals surface area (Å²) in [5, 5.41) is 2.72. The molecule has 0 atom stereocenters. The minimum absolute atomic E-state index is 0.0267. The zero-order valence-corrected chi connectivity index (χ0v) is 13.9. The first kappa shape index (κ1) is 17.6. The largest absolute Gasteiger partial charge is 0.355 e. The van der Waals surface area contributed by atoms with Gasteiger partial charge in [-0.05, 0) is 40.9 Å². The fraction of sp³-hybridized carbons (Fsp3) is 0.467. The number of halogens is 2. The van der Waals surface area contributed by atoms with Crippen molar-refractivity contribution >= 4 is 27.7 Å². The predicted molar refractivity (Wildman–Crippen MR) is 83.6 cm³/mol. The zero-order valence-electron chi connectivity index (χ0n) is 12.3. The summed E-state index contributed by atoms with van der Waals surface area (Å²) in [7, 11) is 0. The monoisotopic (exact) mass is 358 g/mol. The number of carbonyl (C=O) groups excluding carboxylic acids is 2. The van der Waals surface area contributed by atoms with Crippen molar-refractivity contribution in [2.24, 2.45) is 0 Å². The summed E-state index contributed by atoms with van der Waals surface area (Å²) in [6.07, 6.45) is 1.52. The maximum Gasteiger partial charge on any atom is 0.257 e. The normalized spacial score (nSPS) is 10.3. The molecule has 0 bridgehead atoms. The van der Waals surface area contributed by atoms with Gasteiger partial charge in [0.05, 0.1) is 16.6 Å². The van der Waals surface area contributed by atoms with Crippen molar-refractivity contribution in [2.75, 3.05) is 19.6 Å². The first-order valence-electron chi connectivity index (χ1n) is 7.01. The van der Waals surface area contributed by atoms with Gasteiger partial charge in [0.15, 0.2) is 0 Å². The number of carbonyl (C=O) groups is 2. The van der Waals surface area contributed by atoms with E-state index in [-0.39, 0.29) is 22.5 Å². The number of hydrogen-bond acceptors (Lipinski definition) is 2. The van der Waals surface area contributed by atoms with Crippen molar-refractivity contribution < 1.29 is 14.0 Å². The van der Waals surface area contributed by atoms with Crippen LogP contribution in [0.25, 0.3) is 0 Å². The van der Waals surface area contributed by atoms with Gasteiger partial charge in [0.1, 0.15) is 5.82 Å². The molecule has 116 valence electrons. The number of nitrogens with one attached hydrogen (secondary N) is 1. The molecule has 0 fully saturated rings. The van der Waals surface area contributed by atoms with E-state index in [9.17, 15) is 14.0 Å². The molecule has 1 aromatic carbocycles. The number of benzene rings is 1. The Kier molecular flexibility index (Phi) is 7.36. The number of nitrogens with zero attached hydrogens (tertiary/aromatic N) is 1. The van der Waals surface area contributed by atoms with Crippen LogP contribution in [0, 0.1) is 5.82 Å². The van der Waals surface area contributed by atoms with E-state index in [1.54, 1.807) is 6.07 Å². The second kappa shape index (κ2) is 8.77. The summed E-state index contributed by atoms with van der Waals surface area (Å²) in [4.78, 5) is 25.5. The van der Waals surface area contributed by atoms with Gasteiger partial charge in [0, 0.05) is 13.1 Å². The lowest BCUT2D eigenvalue weighted by molar-refractivity contribution is -0.121. The zero-order chi connectivity index (χ0) is 15.8. The highest BCUT2D eigenvalue weighted by atomic mass is 79.9. The standard InChI is InChI=1S/C15H20BrFN2O2/c1-3-8-18-13(20)10-19(9-4-2)15(21)11-6-5-7-12(16)14(11)17/h5-7H,3-4,8-10H2,1-2H3,(H,18,20). The molecule has 0 saturated carbocycles. The Morgan fingerprint density at radius 3 is 2.62 bits per heavy atom. The molecule has 1 N–H and O–H groups in total. The molecule has 0 heterocycles. The second-order valence-corrected chi connectivity index (χ2v) is 5.53. The molecule has 0 aromatic heterocycles. The predicted octanol–water partition coefficient (Wildman–Crippen LogP) is 2.97. The van der Waals surface area contributed by atoms with Gasteiger partial charge in [0.25, 0.3) is 5.91 Å². The van der Waals surface area contributed by atoms with E-state index in [1.165, 1.54) is 17.0 Å². The van der Waals surface area contributed by atoms with Crippen LogP contribution < -0.4 is 5.32 Å². The summed E-state index contributed by atoms with van der Waals surface area (Å²) < 4.78 is 14.2. The highest BCUT2D eigenvalue weighted by molar-refractivity contribution is 9.10. The molecular formula is C15H20BrFN2O2. The molecule has 4 nitrogen and oxygen atoms in total. The molecule has 0 aliphatic heterocycles. The summed E-state index contributed by atoms with van der Waals surface area (Å²) >= 11 is 3.06. The van der Waals surface area contributed by atoms with Crippen molar-refractivity contribution in [3.63, 3.8) is 0 Å². The fourth-order valence-corrected chi connectivity index (χ4v) is 2.22. The van der Waals surface area contributed by atoms with Gasteiger partial charge in [-0.3, -0.25) is 9.59 Å². The molecule has 0 spiro atoms. The van der Waals surface area contributed by atoms with Gasteiger partial charge in [-0.15, -0.1) is 0 Å². The van der Waals surface area contributed by atoms with E-state index in [2.05, 4.69) is 21.2 Å². The maximum atomic E-state index is 14.0. The van der Waals surface area contributed by atoms with Gasteiger partial charge in [-0.1, -0.05) is 19.9 Å². The average molecular weight is 359 g/mol. The summed E-state index contributed by atoms with van der Waals surface area (Å²) in [6, 6.07) is 4.56. The Bertz CT molecular complexity index is 508. The molecule has 0 saturated heterocycles. The van der Waals surface area contributed by atoms with Crippen molar-refractivity contribution in [1.29, 1.82) is 0 Å². The Hall–Kier alpha value is -1.43. The van der Waals surface area contributed by atoms with Crippen LogP contribution >= 0.6 is 15.9 Å². The minimum atomic E-state index is -0.599. The molecule has 0 unspecified atom stereocenters. The third kappa shape index (κ3) is 5.12. The van der Waals surface area contributed by atoms with Crippen molar-refractivity contribution in [2.45, 2.75) is 26.7 Å². The van der Waals surface area contributed by atoms with Crippen molar-refractivity contribution in [1.82, 2.24) is 10.2 Å². The summed E-state index contributed by atoms with van der Waals surface area (Å²) in [5.74, 6) is -1.30. The second-order valence-electron chi connectivity index (χ2n) is 4.68. The molecule has 0 aliphatic carbocycles. The smallest absolute Gasteiger partial charge is 0.257 e. The maximum absolute atomic E-state index is 14.0. The Labute approximate surface area is 132 Å². The molecule has 21 heavy (non-hydrogen) atoms. The van der Waals surface area contributed by atoms with Gasteiger partial charge >= 0.3 is 0 Å². The van der Waals surface area contributed by atoms with Crippen molar-refractivity contribution in [3.8, 4) is 0 Å². The molecule has 0 radical (unpaired) electrons. The van der Waals surface area contributed by atoms with E-state index in [0.29, 0.717) is 19.5 Å². The summed E-state index contributed by atoms with van der Waals surface area (Å²) in [5.41, 5.74) is -0.0267. The van der Waals surface area contributed by atoms with Crippen LogP contribution in [0.15, 0.2) is 22.7 Å². The minimum Gasteiger partial charge on any atom is -0.355 e. The number of hydrogen-bond donors (Lipinski definition) is 1. The van der Waals surface area contributed by atoms with Gasteiger partial charge in [-0.2, -0.15) is 0 Å². The molecule has 1 aromatic rings. The molecule has 1 rings (SSSR count). The van der Waals surface area contributed by atoms with Crippen LogP contribution in [0.3, 0.4) is 0 Å².